The summed E-state index contributed by atoms with van der Waals surface area (Å²) in [6.45, 7) is 2.04. The smallest absolute Gasteiger partial charge is 0.242 e. The van der Waals surface area contributed by atoms with Crippen molar-refractivity contribution < 1.29 is 9.59 Å². The maximum Gasteiger partial charge on any atom is 0.242 e. The Bertz CT molecular complexity index is 740. The SMILES string of the molecule is CNC(=O)[C@@H](C)N(Cc1ccccc1Cl)C(=O)CSCc1ccccc1. The van der Waals surface area contributed by atoms with Gasteiger partial charge in [0.05, 0.1) is 5.75 Å². The Morgan fingerprint density at radius 3 is 2.42 bits per heavy atom. The van der Waals surface area contributed by atoms with E-state index in [1.54, 1.807) is 24.9 Å². The Labute approximate surface area is 163 Å². The number of benzene rings is 2. The zero-order chi connectivity index (χ0) is 18.9. The first-order valence-electron chi connectivity index (χ1n) is 8.39. The molecular formula is C20H23ClN2O2S. The van der Waals surface area contributed by atoms with Crippen molar-refractivity contribution in [2.45, 2.75) is 25.3 Å². The molecule has 4 nitrogen and oxygen atoms in total. The van der Waals surface area contributed by atoms with Crippen LogP contribution in [0.3, 0.4) is 0 Å². The van der Waals surface area contributed by atoms with Crippen molar-refractivity contribution in [3.05, 3.63) is 70.7 Å². The topological polar surface area (TPSA) is 49.4 Å². The van der Waals surface area contributed by atoms with Gasteiger partial charge in [-0.3, -0.25) is 9.59 Å². The molecule has 0 fully saturated rings. The van der Waals surface area contributed by atoms with E-state index in [1.807, 2.05) is 48.5 Å². The molecule has 2 amide bonds. The van der Waals surface area contributed by atoms with Crippen LogP contribution in [0.15, 0.2) is 54.6 Å². The van der Waals surface area contributed by atoms with Crippen LogP contribution in [0, 0.1) is 0 Å². The number of rotatable bonds is 8. The van der Waals surface area contributed by atoms with Gasteiger partial charge in [0, 0.05) is 24.4 Å². The Balaban J connectivity index is 2.05. The summed E-state index contributed by atoms with van der Waals surface area (Å²) in [6.07, 6.45) is 0. The lowest BCUT2D eigenvalue weighted by molar-refractivity contribution is -0.138. The fraction of sp³-hybridized carbons (Fsp3) is 0.300. The molecule has 26 heavy (non-hydrogen) atoms. The van der Waals surface area contributed by atoms with E-state index in [9.17, 15) is 9.59 Å². The zero-order valence-electron chi connectivity index (χ0n) is 14.9. The van der Waals surface area contributed by atoms with Crippen molar-refractivity contribution >= 4 is 35.2 Å². The Morgan fingerprint density at radius 1 is 1.12 bits per heavy atom. The second-order valence-corrected chi connectivity index (χ2v) is 7.27. The predicted molar refractivity (Wildman–Crippen MR) is 108 cm³/mol. The monoisotopic (exact) mass is 390 g/mol. The molecule has 0 aliphatic carbocycles. The third-order valence-electron chi connectivity index (χ3n) is 4.05. The molecule has 6 heteroatoms. The Hall–Kier alpha value is -1.98. The van der Waals surface area contributed by atoms with Gasteiger partial charge in [0.15, 0.2) is 0 Å². The van der Waals surface area contributed by atoms with Gasteiger partial charge in [0.25, 0.3) is 0 Å². The number of carbonyl (C=O) groups excluding carboxylic acids is 2. The number of nitrogens with one attached hydrogen (secondary N) is 1. The third kappa shape index (κ3) is 5.78. The Morgan fingerprint density at radius 2 is 1.77 bits per heavy atom. The Kier molecular flexibility index (Phi) is 8.01. The van der Waals surface area contributed by atoms with E-state index in [0.717, 1.165) is 11.3 Å². The highest BCUT2D eigenvalue weighted by atomic mass is 35.5. The van der Waals surface area contributed by atoms with Gasteiger partial charge in [0.2, 0.25) is 11.8 Å². The summed E-state index contributed by atoms with van der Waals surface area (Å²) in [6, 6.07) is 16.8. The summed E-state index contributed by atoms with van der Waals surface area (Å²) in [5.41, 5.74) is 1.99. The number of halogens is 1. The van der Waals surface area contributed by atoms with Crippen LogP contribution in [0.5, 0.6) is 0 Å². The fourth-order valence-electron chi connectivity index (χ4n) is 2.52. The molecule has 138 valence electrons. The first-order valence-corrected chi connectivity index (χ1v) is 9.92. The van der Waals surface area contributed by atoms with Crippen LogP contribution in [-0.4, -0.2) is 35.6 Å². The summed E-state index contributed by atoms with van der Waals surface area (Å²) >= 11 is 7.77. The van der Waals surface area contributed by atoms with Crippen molar-refractivity contribution in [1.82, 2.24) is 10.2 Å². The predicted octanol–water partition coefficient (Wildman–Crippen LogP) is 3.74. The van der Waals surface area contributed by atoms with Gasteiger partial charge in [-0.25, -0.2) is 0 Å². The second-order valence-electron chi connectivity index (χ2n) is 5.88. The lowest BCUT2D eigenvalue weighted by Crippen LogP contribution is -2.47. The van der Waals surface area contributed by atoms with E-state index in [0.29, 0.717) is 17.3 Å². The van der Waals surface area contributed by atoms with Crippen LogP contribution in [0.4, 0.5) is 0 Å². The van der Waals surface area contributed by atoms with Crippen LogP contribution in [0.2, 0.25) is 5.02 Å². The van der Waals surface area contributed by atoms with Crippen LogP contribution < -0.4 is 5.32 Å². The lowest BCUT2D eigenvalue weighted by atomic mass is 10.1. The molecule has 0 unspecified atom stereocenters. The van der Waals surface area contributed by atoms with E-state index >= 15 is 0 Å². The van der Waals surface area contributed by atoms with E-state index in [4.69, 9.17) is 11.6 Å². The molecule has 2 rings (SSSR count). The quantitative estimate of drug-likeness (QED) is 0.747. The van der Waals surface area contributed by atoms with Gasteiger partial charge in [-0.1, -0.05) is 60.1 Å². The van der Waals surface area contributed by atoms with Crippen molar-refractivity contribution in [2.75, 3.05) is 12.8 Å². The van der Waals surface area contributed by atoms with Crippen molar-refractivity contribution in [3.63, 3.8) is 0 Å². The van der Waals surface area contributed by atoms with E-state index in [1.165, 1.54) is 17.3 Å². The van der Waals surface area contributed by atoms with Gasteiger partial charge < -0.3 is 10.2 Å². The number of amides is 2. The number of hydrogen-bond donors (Lipinski definition) is 1. The minimum absolute atomic E-state index is 0.0815. The molecule has 0 spiro atoms. The van der Waals surface area contributed by atoms with Crippen molar-refractivity contribution in [2.24, 2.45) is 0 Å². The highest BCUT2D eigenvalue weighted by Gasteiger charge is 2.25. The van der Waals surface area contributed by atoms with E-state index < -0.39 is 6.04 Å². The number of nitrogens with zero attached hydrogens (tertiary/aromatic N) is 1. The molecule has 0 bridgehead atoms. The van der Waals surface area contributed by atoms with Crippen LogP contribution in [0.1, 0.15) is 18.1 Å². The second kappa shape index (κ2) is 10.2. The average molecular weight is 391 g/mol. The summed E-state index contributed by atoms with van der Waals surface area (Å²) in [4.78, 5) is 26.5. The molecule has 0 aliphatic heterocycles. The number of hydrogen-bond acceptors (Lipinski definition) is 3. The number of carbonyl (C=O) groups is 2. The molecule has 0 aliphatic rings. The van der Waals surface area contributed by atoms with Crippen LogP contribution in [0.25, 0.3) is 0 Å². The van der Waals surface area contributed by atoms with Gasteiger partial charge in [0.1, 0.15) is 6.04 Å². The normalized spacial score (nSPS) is 11.7. The summed E-state index contributed by atoms with van der Waals surface area (Å²) in [7, 11) is 1.57. The summed E-state index contributed by atoms with van der Waals surface area (Å²) < 4.78 is 0. The highest BCUT2D eigenvalue weighted by Crippen LogP contribution is 2.20. The van der Waals surface area contributed by atoms with Crippen molar-refractivity contribution in [1.29, 1.82) is 0 Å². The first-order chi connectivity index (χ1) is 12.5. The number of likely N-dealkylation sites (N-methyl/N-ethyl adjacent to an activating group) is 1. The molecule has 0 saturated carbocycles. The third-order valence-corrected chi connectivity index (χ3v) is 5.41. The maximum absolute atomic E-state index is 12.8. The minimum Gasteiger partial charge on any atom is -0.357 e. The van der Waals surface area contributed by atoms with Crippen LogP contribution in [-0.2, 0) is 21.9 Å². The minimum atomic E-state index is -0.568. The van der Waals surface area contributed by atoms with E-state index in [-0.39, 0.29) is 11.8 Å². The summed E-state index contributed by atoms with van der Waals surface area (Å²) in [5, 5.41) is 3.20. The van der Waals surface area contributed by atoms with Gasteiger partial charge >= 0.3 is 0 Å². The molecule has 1 atom stereocenters. The zero-order valence-corrected chi connectivity index (χ0v) is 16.5. The standard InChI is InChI=1S/C20H23ClN2O2S/c1-15(20(25)22-2)23(12-17-10-6-7-11-18(17)21)19(24)14-26-13-16-8-4-3-5-9-16/h3-11,15H,12-14H2,1-2H3,(H,22,25)/t15-/m1/s1. The van der Waals surface area contributed by atoms with Crippen LogP contribution >= 0.6 is 23.4 Å². The first kappa shape index (κ1) is 20.3. The molecule has 0 radical (unpaired) electrons. The molecule has 0 heterocycles. The maximum atomic E-state index is 12.8. The molecule has 2 aromatic carbocycles. The summed E-state index contributed by atoms with van der Waals surface area (Å²) in [5.74, 6) is 0.780. The molecule has 2 aromatic rings. The van der Waals surface area contributed by atoms with E-state index in [2.05, 4.69) is 5.32 Å². The average Bonchev–Trinajstić information content (AvgIpc) is 2.67. The highest BCUT2D eigenvalue weighted by molar-refractivity contribution is 7.99. The van der Waals surface area contributed by atoms with Gasteiger partial charge in [-0.2, -0.15) is 0 Å². The number of thioether (sulfide) groups is 1. The molecule has 1 N–H and O–H groups in total. The lowest BCUT2D eigenvalue weighted by Gasteiger charge is -2.28. The fourth-order valence-corrected chi connectivity index (χ4v) is 3.58. The van der Waals surface area contributed by atoms with Gasteiger partial charge in [-0.15, -0.1) is 11.8 Å². The van der Waals surface area contributed by atoms with Crippen molar-refractivity contribution in [3.8, 4) is 0 Å². The van der Waals surface area contributed by atoms with Gasteiger partial charge in [-0.05, 0) is 24.1 Å². The molecule has 0 aromatic heterocycles. The molecular weight excluding hydrogens is 368 g/mol. The molecule has 0 saturated heterocycles. The largest absolute Gasteiger partial charge is 0.357 e.